The number of hydrogen-bond donors (Lipinski definition) is 0. The molecule has 0 heterocycles. The van der Waals surface area contributed by atoms with Crippen molar-refractivity contribution in [2.24, 2.45) is 0 Å². The molecule has 0 unspecified atom stereocenters. The van der Waals surface area contributed by atoms with Crippen molar-refractivity contribution in [3.63, 3.8) is 0 Å². The van der Waals surface area contributed by atoms with Crippen molar-refractivity contribution in [1.82, 2.24) is 0 Å². The van der Waals surface area contributed by atoms with Crippen LogP contribution in [-0.4, -0.2) is 0 Å². The summed E-state index contributed by atoms with van der Waals surface area (Å²) < 4.78 is 0. The molecule has 0 amide bonds. The summed E-state index contributed by atoms with van der Waals surface area (Å²) in [5.41, 5.74) is 19.2. The number of aryl methyl sites for hydroxylation is 4. The molecule has 64 heavy (non-hydrogen) atoms. The van der Waals surface area contributed by atoms with E-state index in [9.17, 15) is 0 Å². The van der Waals surface area contributed by atoms with E-state index >= 15 is 0 Å². The number of hydrogen-bond acceptors (Lipinski definition) is 2. The first-order valence-electron chi connectivity index (χ1n) is 22.5. The van der Waals surface area contributed by atoms with Gasteiger partial charge in [-0.2, -0.15) is 0 Å². The third kappa shape index (κ3) is 10.3. The van der Waals surface area contributed by atoms with Crippen LogP contribution in [0.1, 0.15) is 58.4 Å². The Labute approximate surface area is 381 Å². The van der Waals surface area contributed by atoms with Gasteiger partial charge in [-0.3, -0.25) is 0 Å². The van der Waals surface area contributed by atoms with Gasteiger partial charge in [-0.15, -0.1) is 0 Å². The van der Waals surface area contributed by atoms with E-state index in [2.05, 4.69) is 268 Å². The van der Waals surface area contributed by atoms with Crippen LogP contribution in [0.4, 0.5) is 34.1 Å². The van der Waals surface area contributed by atoms with E-state index in [-0.39, 0.29) is 0 Å². The van der Waals surface area contributed by atoms with E-state index < -0.39 is 0 Å². The molecule has 0 radical (unpaired) electrons. The van der Waals surface area contributed by atoms with E-state index in [4.69, 9.17) is 0 Å². The normalized spacial score (nSPS) is 11.6. The van der Waals surface area contributed by atoms with Crippen LogP contribution in [0.15, 0.2) is 218 Å². The van der Waals surface area contributed by atoms with E-state index in [1.54, 1.807) is 0 Å². The molecule has 314 valence electrons. The summed E-state index contributed by atoms with van der Waals surface area (Å²) in [6, 6.07) is 69.9. The maximum absolute atomic E-state index is 2.41. The Balaban J connectivity index is 1.06. The second-order valence-electron chi connectivity index (χ2n) is 16.1. The number of rotatable bonds is 15. The molecule has 0 aliphatic carbocycles. The van der Waals surface area contributed by atoms with Gasteiger partial charge in [0.05, 0.1) is 11.4 Å². The monoisotopic (exact) mass is 828 g/mol. The zero-order valence-electron chi connectivity index (χ0n) is 37.4. The van der Waals surface area contributed by atoms with Gasteiger partial charge in [0, 0.05) is 22.7 Å². The zero-order chi connectivity index (χ0) is 44.1. The van der Waals surface area contributed by atoms with Crippen molar-refractivity contribution < 1.29 is 0 Å². The van der Waals surface area contributed by atoms with Crippen molar-refractivity contribution >= 4 is 58.4 Å². The Bertz CT molecular complexity index is 2660. The minimum absolute atomic E-state index is 0.944. The highest BCUT2D eigenvalue weighted by atomic mass is 15.2. The molecule has 0 saturated carbocycles. The second-order valence-corrected chi connectivity index (χ2v) is 16.1. The van der Waals surface area contributed by atoms with Crippen LogP contribution in [0.2, 0.25) is 0 Å². The molecular formula is C62H56N2. The van der Waals surface area contributed by atoms with Crippen molar-refractivity contribution in [1.29, 1.82) is 0 Å². The van der Waals surface area contributed by atoms with Gasteiger partial charge >= 0.3 is 0 Å². The Kier molecular flexibility index (Phi) is 14.1. The third-order valence-electron chi connectivity index (χ3n) is 11.7. The third-order valence-corrected chi connectivity index (χ3v) is 11.7. The molecule has 2 nitrogen and oxygen atoms in total. The van der Waals surface area contributed by atoms with Crippen LogP contribution in [-0.2, 0) is 12.8 Å². The average molecular weight is 829 g/mol. The van der Waals surface area contributed by atoms with Gasteiger partial charge in [0.2, 0.25) is 0 Å². The minimum atomic E-state index is 0.944. The highest BCUT2D eigenvalue weighted by molar-refractivity contribution is 5.84. The maximum atomic E-state index is 2.41. The highest BCUT2D eigenvalue weighted by Gasteiger charge is 2.20. The fraction of sp³-hybridized carbons (Fsp3) is 0.0968. The first-order chi connectivity index (χ1) is 31.5. The lowest BCUT2D eigenvalue weighted by Crippen LogP contribution is -2.13. The summed E-state index contributed by atoms with van der Waals surface area (Å²) in [6.07, 6.45) is 18.9. The molecule has 0 aliphatic heterocycles. The Morgan fingerprint density at radius 3 is 0.922 bits per heavy atom. The lowest BCUT2D eigenvalue weighted by molar-refractivity contribution is 1.10. The molecule has 0 fully saturated rings. The van der Waals surface area contributed by atoms with Crippen molar-refractivity contribution in [2.75, 3.05) is 9.80 Å². The molecule has 8 aromatic carbocycles. The topological polar surface area (TPSA) is 6.48 Å². The smallest absolute Gasteiger partial charge is 0.0522 e. The number of allylic oxidation sites excluding steroid dienone is 4. The molecule has 2 heteroatoms. The molecule has 8 aromatic rings. The number of benzene rings is 8. The first-order valence-corrected chi connectivity index (χ1v) is 22.5. The molecule has 8 rings (SSSR count). The first kappa shape index (κ1) is 43.0. The van der Waals surface area contributed by atoms with Crippen LogP contribution < -0.4 is 9.80 Å². The van der Waals surface area contributed by atoms with E-state index in [0.717, 1.165) is 46.7 Å². The Morgan fingerprint density at radius 1 is 0.312 bits per heavy atom. The van der Waals surface area contributed by atoms with Crippen LogP contribution in [0.5, 0.6) is 0 Å². The standard InChI is InChI=1S/C62H56N2/c1-5-53-29-17-19-47(3)61(53)63(57-39-31-51(32-40-57)27-15-13-25-49-21-9-7-10-22-49)59-43-35-55(36-44-59)56-37-45-60(46-38-56)64(62-48(4)20-18-30-54(62)6-2)58-41-33-52(34-42-58)28-16-14-26-50-23-11-8-12-24-50/h7-46H,5-6H2,1-4H3. The highest BCUT2D eigenvalue weighted by Crippen LogP contribution is 2.42. The quantitative estimate of drug-likeness (QED) is 0.0950. The van der Waals surface area contributed by atoms with Crippen molar-refractivity contribution in [2.45, 2.75) is 40.5 Å². The van der Waals surface area contributed by atoms with Gasteiger partial charge in [-0.05, 0) is 131 Å². The predicted octanol–water partition coefficient (Wildman–Crippen LogP) is 17.5. The molecule has 0 aliphatic rings. The van der Waals surface area contributed by atoms with E-state index in [1.165, 1.54) is 55.9 Å². The summed E-state index contributed by atoms with van der Waals surface area (Å²) in [5, 5.41) is 0. The zero-order valence-corrected chi connectivity index (χ0v) is 37.4. The fourth-order valence-corrected chi connectivity index (χ4v) is 8.33. The van der Waals surface area contributed by atoms with Gasteiger partial charge in [0.15, 0.2) is 0 Å². The maximum Gasteiger partial charge on any atom is 0.0522 e. The molecule has 0 N–H and O–H groups in total. The molecule has 0 spiro atoms. The van der Waals surface area contributed by atoms with Gasteiger partial charge < -0.3 is 9.80 Å². The van der Waals surface area contributed by atoms with E-state index in [1.807, 2.05) is 12.1 Å². The number of nitrogens with zero attached hydrogens (tertiary/aromatic N) is 2. The number of para-hydroxylation sites is 2. The van der Waals surface area contributed by atoms with Crippen LogP contribution in [0, 0.1) is 13.8 Å². The van der Waals surface area contributed by atoms with Crippen molar-refractivity contribution in [3.05, 3.63) is 263 Å². The van der Waals surface area contributed by atoms with Crippen molar-refractivity contribution in [3.8, 4) is 11.1 Å². The molecule has 0 saturated heterocycles. The summed E-state index contributed by atoms with van der Waals surface area (Å²) in [5.74, 6) is 0. The Morgan fingerprint density at radius 2 is 0.609 bits per heavy atom. The van der Waals surface area contributed by atoms with Gasteiger partial charge in [0.25, 0.3) is 0 Å². The summed E-state index contributed by atoms with van der Waals surface area (Å²) in [6.45, 7) is 8.91. The van der Waals surface area contributed by atoms with Gasteiger partial charge in [-0.1, -0.05) is 208 Å². The van der Waals surface area contributed by atoms with Crippen LogP contribution in [0.3, 0.4) is 0 Å². The number of anilines is 6. The predicted molar refractivity (Wildman–Crippen MR) is 278 cm³/mol. The summed E-state index contributed by atoms with van der Waals surface area (Å²) in [4.78, 5) is 4.83. The lowest BCUT2D eigenvalue weighted by atomic mass is 10.0. The fourth-order valence-electron chi connectivity index (χ4n) is 8.33. The van der Waals surface area contributed by atoms with E-state index in [0.29, 0.717) is 0 Å². The van der Waals surface area contributed by atoms with Crippen LogP contribution >= 0.6 is 0 Å². The largest absolute Gasteiger partial charge is 0.310 e. The summed E-state index contributed by atoms with van der Waals surface area (Å²) in [7, 11) is 0. The minimum Gasteiger partial charge on any atom is -0.310 e. The Hall–Kier alpha value is -7.68. The molecule has 0 bridgehead atoms. The van der Waals surface area contributed by atoms with Gasteiger partial charge in [-0.25, -0.2) is 0 Å². The average Bonchev–Trinajstić information content (AvgIpc) is 3.35. The molecule has 0 atom stereocenters. The molecule has 0 aromatic heterocycles. The van der Waals surface area contributed by atoms with Gasteiger partial charge in [0.1, 0.15) is 0 Å². The molecular weight excluding hydrogens is 773 g/mol. The second kappa shape index (κ2) is 20.9. The SMILES string of the molecule is CCc1cccc(C)c1N(c1ccc(C=CC=Cc2ccccc2)cc1)c1ccc(-c2ccc(N(c3ccc(C=CC=Cc4ccccc4)cc3)c3c(C)cccc3CC)cc2)cc1. The van der Waals surface area contributed by atoms with Crippen LogP contribution in [0.25, 0.3) is 35.4 Å². The summed E-state index contributed by atoms with van der Waals surface area (Å²) >= 11 is 0. The lowest BCUT2D eigenvalue weighted by Gasteiger charge is -2.30.